The molecule has 1 heterocycles. The van der Waals surface area contributed by atoms with Gasteiger partial charge in [-0.2, -0.15) is 5.10 Å². The van der Waals surface area contributed by atoms with Crippen LogP contribution in [0.15, 0.2) is 76.8 Å². The fourth-order valence-corrected chi connectivity index (χ4v) is 2.78. The fourth-order valence-electron chi connectivity index (χ4n) is 2.78. The largest absolute Gasteiger partial charge is 0.233 e. The molecule has 0 radical (unpaired) electrons. The number of amidine groups is 1. The standard InChI is InChI=1S/C19H15N3/c1-14-21-17-11-5-9-16-10-6-12-18(19(16)17)22(14)20-13-15-7-3-2-4-8-15/h2-13H,1H3. The minimum absolute atomic E-state index is 0.874. The number of benzene rings is 3. The molecule has 0 N–H and O–H groups in total. The highest BCUT2D eigenvalue weighted by Gasteiger charge is 2.19. The predicted octanol–water partition coefficient (Wildman–Crippen LogP) is 4.74. The van der Waals surface area contributed by atoms with Crippen molar-refractivity contribution in [1.29, 1.82) is 0 Å². The molecule has 3 heteroatoms. The van der Waals surface area contributed by atoms with Crippen molar-refractivity contribution in [2.75, 3.05) is 5.01 Å². The van der Waals surface area contributed by atoms with Crippen molar-refractivity contribution in [2.24, 2.45) is 10.1 Å². The summed E-state index contributed by atoms with van der Waals surface area (Å²) in [6.07, 6.45) is 1.87. The number of nitrogens with zero attached hydrogens (tertiary/aromatic N) is 3. The third-order valence-electron chi connectivity index (χ3n) is 3.80. The SMILES string of the molecule is CC1=Nc2cccc3cccc(c23)N1N=Cc1ccccc1. The van der Waals surface area contributed by atoms with E-state index < -0.39 is 0 Å². The lowest BCUT2D eigenvalue weighted by molar-refractivity contribution is 1.12. The van der Waals surface area contributed by atoms with Crippen LogP contribution in [0.3, 0.4) is 0 Å². The first-order chi connectivity index (χ1) is 10.8. The van der Waals surface area contributed by atoms with Gasteiger partial charge in [0.05, 0.1) is 17.6 Å². The maximum atomic E-state index is 4.69. The lowest BCUT2D eigenvalue weighted by Crippen LogP contribution is -2.24. The molecule has 0 atom stereocenters. The van der Waals surface area contributed by atoms with E-state index in [2.05, 4.69) is 34.4 Å². The quantitative estimate of drug-likeness (QED) is 0.625. The highest BCUT2D eigenvalue weighted by Crippen LogP contribution is 2.38. The Balaban J connectivity index is 1.83. The third kappa shape index (κ3) is 2.07. The molecule has 0 aromatic heterocycles. The molecule has 0 saturated carbocycles. The second-order valence-electron chi connectivity index (χ2n) is 5.28. The first-order valence-corrected chi connectivity index (χ1v) is 7.29. The van der Waals surface area contributed by atoms with Crippen LogP contribution in [0.25, 0.3) is 10.8 Å². The number of rotatable bonds is 2. The summed E-state index contributed by atoms with van der Waals surface area (Å²) < 4.78 is 0. The van der Waals surface area contributed by atoms with E-state index in [0.717, 1.165) is 28.2 Å². The zero-order chi connectivity index (χ0) is 14.9. The molecular formula is C19H15N3. The zero-order valence-electron chi connectivity index (χ0n) is 12.3. The van der Waals surface area contributed by atoms with Crippen molar-refractivity contribution in [1.82, 2.24) is 0 Å². The predicted molar refractivity (Wildman–Crippen MR) is 93.2 cm³/mol. The van der Waals surface area contributed by atoms with Crippen LogP contribution in [0.1, 0.15) is 12.5 Å². The van der Waals surface area contributed by atoms with Crippen molar-refractivity contribution in [2.45, 2.75) is 6.92 Å². The van der Waals surface area contributed by atoms with Crippen molar-refractivity contribution >= 4 is 34.2 Å². The summed E-state index contributed by atoms with van der Waals surface area (Å²) in [7, 11) is 0. The molecule has 22 heavy (non-hydrogen) atoms. The van der Waals surface area contributed by atoms with E-state index in [4.69, 9.17) is 0 Å². The smallest absolute Gasteiger partial charge is 0.128 e. The Morgan fingerprint density at radius 1 is 0.909 bits per heavy atom. The zero-order valence-corrected chi connectivity index (χ0v) is 12.3. The van der Waals surface area contributed by atoms with Crippen LogP contribution in [-0.4, -0.2) is 12.1 Å². The van der Waals surface area contributed by atoms with Crippen LogP contribution >= 0.6 is 0 Å². The van der Waals surface area contributed by atoms with Gasteiger partial charge in [-0.25, -0.2) is 10.0 Å². The number of hydrazone groups is 1. The Hall–Kier alpha value is -2.94. The molecule has 3 aromatic carbocycles. The van der Waals surface area contributed by atoms with E-state index >= 15 is 0 Å². The van der Waals surface area contributed by atoms with E-state index in [1.165, 1.54) is 5.39 Å². The molecular weight excluding hydrogens is 270 g/mol. The lowest BCUT2D eigenvalue weighted by Gasteiger charge is -2.25. The molecule has 3 nitrogen and oxygen atoms in total. The molecule has 1 aliphatic rings. The number of anilines is 1. The summed E-state index contributed by atoms with van der Waals surface area (Å²) >= 11 is 0. The maximum Gasteiger partial charge on any atom is 0.128 e. The van der Waals surface area contributed by atoms with Crippen molar-refractivity contribution < 1.29 is 0 Å². The Bertz CT molecular complexity index is 890. The van der Waals surface area contributed by atoms with Crippen LogP contribution < -0.4 is 5.01 Å². The molecule has 0 unspecified atom stereocenters. The Labute approximate surface area is 129 Å². The first-order valence-electron chi connectivity index (χ1n) is 7.29. The van der Waals surface area contributed by atoms with Gasteiger partial charge in [0.15, 0.2) is 0 Å². The van der Waals surface area contributed by atoms with Crippen molar-refractivity contribution in [3.8, 4) is 0 Å². The van der Waals surface area contributed by atoms with Gasteiger partial charge in [0.2, 0.25) is 0 Å². The van der Waals surface area contributed by atoms with Crippen LogP contribution in [0, 0.1) is 0 Å². The molecule has 0 spiro atoms. The molecule has 0 amide bonds. The molecule has 106 valence electrons. The third-order valence-corrected chi connectivity index (χ3v) is 3.80. The van der Waals surface area contributed by atoms with E-state index in [1.807, 2.05) is 60.6 Å². The van der Waals surface area contributed by atoms with Gasteiger partial charge in [0, 0.05) is 5.39 Å². The fraction of sp³-hybridized carbons (Fsp3) is 0.0526. The van der Waals surface area contributed by atoms with Gasteiger partial charge in [-0.1, -0.05) is 54.6 Å². The number of hydrogen-bond acceptors (Lipinski definition) is 3. The van der Waals surface area contributed by atoms with Gasteiger partial charge in [0.25, 0.3) is 0 Å². The first kappa shape index (κ1) is 12.8. The molecule has 0 saturated heterocycles. The molecule has 0 bridgehead atoms. The average Bonchev–Trinajstić information content (AvgIpc) is 2.56. The Morgan fingerprint density at radius 2 is 1.68 bits per heavy atom. The summed E-state index contributed by atoms with van der Waals surface area (Å²) in [6.45, 7) is 1.98. The van der Waals surface area contributed by atoms with E-state index in [-0.39, 0.29) is 0 Å². The minimum atomic E-state index is 0.874. The highest BCUT2D eigenvalue weighted by atomic mass is 15.5. The summed E-state index contributed by atoms with van der Waals surface area (Å²) in [6, 6.07) is 22.6. The second-order valence-corrected chi connectivity index (χ2v) is 5.28. The van der Waals surface area contributed by atoms with Crippen molar-refractivity contribution in [3.05, 3.63) is 72.3 Å². The van der Waals surface area contributed by atoms with E-state index in [0.29, 0.717) is 0 Å². The van der Waals surface area contributed by atoms with Crippen LogP contribution in [0.2, 0.25) is 0 Å². The van der Waals surface area contributed by atoms with E-state index in [9.17, 15) is 0 Å². The Morgan fingerprint density at radius 3 is 2.50 bits per heavy atom. The monoisotopic (exact) mass is 285 g/mol. The van der Waals surface area contributed by atoms with Crippen LogP contribution in [0.5, 0.6) is 0 Å². The Kier molecular flexibility index (Phi) is 2.97. The number of aliphatic imine (C=N–C) groups is 1. The van der Waals surface area contributed by atoms with Gasteiger partial charge in [-0.15, -0.1) is 0 Å². The van der Waals surface area contributed by atoms with Crippen LogP contribution in [0.4, 0.5) is 11.4 Å². The summed E-state index contributed by atoms with van der Waals surface area (Å²) in [5.41, 5.74) is 3.16. The highest BCUT2D eigenvalue weighted by molar-refractivity contribution is 6.14. The minimum Gasteiger partial charge on any atom is -0.233 e. The van der Waals surface area contributed by atoms with Gasteiger partial charge in [0.1, 0.15) is 5.84 Å². The molecule has 0 fully saturated rings. The second kappa shape index (κ2) is 5.11. The lowest BCUT2D eigenvalue weighted by atomic mass is 10.1. The molecule has 0 aliphatic carbocycles. The van der Waals surface area contributed by atoms with E-state index in [1.54, 1.807) is 0 Å². The number of hydrogen-bond donors (Lipinski definition) is 0. The van der Waals surface area contributed by atoms with Gasteiger partial charge >= 0.3 is 0 Å². The molecule has 1 aliphatic heterocycles. The van der Waals surface area contributed by atoms with Gasteiger partial charge in [-0.05, 0) is 30.0 Å². The normalized spacial score (nSPS) is 13.7. The average molecular weight is 285 g/mol. The summed E-state index contributed by atoms with van der Waals surface area (Å²) in [4.78, 5) is 4.69. The molecule has 4 rings (SSSR count). The van der Waals surface area contributed by atoms with Gasteiger partial charge in [-0.3, -0.25) is 0 Å². The summed E-state index contributed by atoms with van der Waals surface area (Å²) in [5.74, 6) is 0.874. The van der Waals surface area contributed by atoms with Crippen LogP contribution in [-0.2, 0) is 0 Å². The van der Waals surface area contributed by atoms with Crippen molar-refractivity contribution in [3.63, 3.8) is 0 Å². The molecule has 3 aromatic rings. The maximum absolute atomic E-state index is 4.69. The summed E-state index contributed by atoms with van der Waals surface area (Å²) in [5, 5.41) is 8.88. The van der Waals surface area contributed by atoms with Gasteiger partial charge < -0.3 is 0 Å². The topological polar surface area (TPSA) is 28.0 Å².